The third-order valence-electron chi connectivity index (χ3n) is 14.9. The summed E-state index contributed by atoms with van der Waals surface area (Å²) >= 11 is 0. The summed E-state index contributed by atoms with van der Waals surface area (Å²) in [5, 5.41) is 48.2. The number of carbonyl (C=O) groups excluding carboxylic acids is 6. The predicted molar refractivity (Wildman–Crippen MR) is 315 cm³/mol. The summed E-state index contributed by atoms with van der Waals surface area (Å²) in [6.07, 6.45) is 0. The number of amides is 4. The number of aromatic nitrogens is 4. The van der Waals surface area contributed by atoms with Gasteiger partial charge in [0.2, 0.25) is 5.95 Å². The number of benzene rings is 8. The van der Waals surface area contributed by atoms with Crippen LogP contribution in [-0.4, -0.2) is 74.8 Å². The van der Waals surface area contributed by atoms with Crippen molar-refractivity contribution in [3.05, 3.63) is 249 Å². The first kappa shape index (κ1) is 57.4. The largest absolute Gasteiger partial charge is 0.457 e. The van der Waals surface area contributed by atoms with Crippen LogP contribution in [0.5, 0.6) is 35.0 Å². The molecular formula is C62H38N10O18. The minimum atomic E-state index is -1.57. The summed E-state index contributed by atoms with van der Waals surface area (Å²) in [7, 11) is 0. The average molecular weight is 1210 g/mol. The van der Waals surface area contributed by atoms with Crippen molar-refractivity contribution in [2.24, 2.45) is 0 Å². The number of nitrogens with zero attached hydrogens (tertiary/aromatic N) is 10. The highest BCUT2D eigenvalue weighted by Gasteiger charge is 2.41. The minimum absolute atomic E-state index is 0.0714. The fourth-order valence-corrected chi connectivity index (χ4v) is 10.5. The Morgan fingerprint density at radius 2 is 0.867 bits per heavy atom. The number of hydrogen-bond acceptors (Lipinski definition) is 21. The van der Waals surface area contributed by atoms with E-state index in [0.29, 0.717) is 64.2 Å². The van der Waals surface area contributed by atoms with Crippen molar-refractivity contribution in [2.45, 2.75) is 32.7 Å². The second-order valence-corrected chi connectivity index (χ2v) is 20.6. The molecule has 28 heteroatoms. The number of aryl methyl sites for hydroxylation is 1. The summed E-state index contributed by atoms with van der Waals surface area (Å²) in [6, 6.07) is 37.8. The zero-order chi connectivity index (χ0) is 63.6. The van der Waals surface area contributed by atoms with Gasteiger partial charge in [0.25, 0.3) is 46.4 Å². The molecule has 2 aliphatic heterocycles. The number of non-ortho nitro benzene ring substituents is 4. The molecule has 28 nitrogen and oxygen atoms in total. The zero-order valence-corrected chi connectivity index (χ0v) is 46.6. The third kappa shape index (κ3) is 10.4. The number of anilines is 2. The van der Waals surface area contributed by atoms with E-state index in [-0.39, 0.29) is 28.0 Å². The number of hydrogen-bond donors (Lipinski definition) is 0. The number of ether oxygens (including phenoxy) is 4. The third-order valence-corrected chi connectivity index (χ3v) is 14.9. The van der Waals surface area contributed by atoms with Gasteiger partial charge in [-0.15, -0.1) is 4.98 Å². The lowest BCUT2D eigenvalue weighted by Crippen LogP contribution is -2.31. The van der Waals surface area contributed by atoms with Crippen LogP contribution < -0.4 is 28.7 Å². The number of nitro benzene ring substituents is 4. The van der Waals surface area contributed by atoms with Gasteiger partial charge in [-0.3, -0.25) is 59.6 Å². The molecule has 4 amide bonds. The fourth-order valence-electron chi connectivity index (χ4n) is 10.5. The SMILES string of the molecule is CCn1c2ccccc2c2cc(N3C(=O)c4ccc(Oc5ccc(C(C)(C)c6ccc(Oc7ccc8c(c7)C(=O)N(c7nc(OC(=O)c9cc([N+](=O)[O-])cc([N+](=O)[O-])c9)nc(OC(=O)c9cc([N+](=O)[O-])cc([N+](=O)[O-])c9)n7)C8=O)cc6)cc5)cc4C3=O)ccc21. The van der Waals surface area contributed by atoms with Gasteiger partial charge in [0.15, 0.2) is 0 Å². The van der Waals surface area contributed by atoms with Gasteiger partial charge in [-0.1, -0.05) is 56.3 Å². The Labute approximate surface area is 503 Å². The number of para-hydroxylation sites is 1. The molecule has 0 aliphatic carbocycles. The van der Waals surface area contributed by atoms with Crippen molar-refractivity contribution >= 4 is 91.8 Å². The molecule has 2 aromatic heterocycles. The number of esters is 2. The predicted octanol–water partition coefficient (Wildman–Crippen LogP) is 11.6. The monoisotopic (exact) mass is 1210 g/mol. The van der Waals surface area contributed by atoms with E-state index in [1.165, 1.54) is 23.1 Å². The smallest absolute Gasteiger partial charge is 0.346 e. The highest BCUT2D eigenvalue weighted by atomic mass is 16.6. The van der Waals surface area contributed by atoms with Crippen LogP contribution in [0, 0.1) is 40.5 Å². The first-order chi connectivity index (χ1) is 43.0. The van der Waals surface area contributed by atoms with Crippen LogP contribution in [0.4, 0.5) is 34.4 Å². The van der Waals surface area contributed by atoms with Gasteiger partial charge in [0.05, 0.1) is 70.9 Å². The normalized spacial score (nSPS) is 12.7. The van der Waals surface area contributed by atoms with E-state index in [1.54, 1.807) is 48.5 Å². The first-order valence-corrected chi connectivity index (χ1v) is 26.8. The number of nitro groups is 4. The van der Waals surface area contributed by atoms with Crippen LogP contribution >= 0.6 is 0 Å². The standard InChI is InChI=1S/C62H38N10O18/c1-4-66-51-8-6-5-7-45(51)48-29-36(13-22-52(48)66)67-53(73)46-20-18-43(30-49(46)55(67)75)87-41-14-9-34(10-15-41)62(2,3)35-11-16-42(17-12-35)88-44-19-21-47-50(31-44)56(76)68(54(47)74)59-63-60(89-57(77)32-23-37(69(79)80)27-38(24-32)70(81)82)65-61(64-59)90-58(78)33-25-39(71(83)84)28-40(26-33)72(85)86/h5-31H,4H2,1-3H3. The molecule has 0 radical (unpaired) electrons. The van der Waals surface area contributed by atoms with Gasteiger partial charge < -0.3 is 23.5 Å². The van der Waals surface area contributed by atoms with E-state index in [2.05, 4.69) is 26.4 Å². The molecule has 2 aliphatic rings. The Morgan fingerprint density at radius 3 is 1.32 bits per heavy atom. The lowest BCUT2D eigenvalue weighted by atomic mass is 9.78. The Balaban J connectivity index is 0.742. The molecular weight excluding hydrogens is 1170 g/mol. The quantitative estimate of drug-likeness (QED) is 0.0354. The molecule has 8 aromatic carbocycles. The van der Waals surface area contributed by atoms with E-state index in [9.17, 15) is 69.2 Å². The van der Waals surface area contributed by atoms with Crippen LogP contribution in [-0.2, 0) is 12.0 Å². The molecule has 0 saturated heterocycles. The van der Waals surface area contributed by atoms with Crippen molar-refractivity contribution in [3.63, 3.8) is 0 Å². The van der Waals surface area contributed by atoms with Crippen LogP contribution in [0.2, 0.25) is 0 Å². The lowest BCUT2D eigenvalue weighted by Gasteiger charge is -2.26. The summed E-state index contributed by atoms with van der Waals surface area (Å²) < 4.78 is 24.8. The summed E-state index contributed by atoms with van der Waals surface area (Å²) in [4.78, 5) is 138. The molecule has 0 unspecified atom stereocenters. The highest BCUT2D eigenvalue weighted by Crippen LogP contribution is 2.40. The van der Waals surface area contributed by atoms with Gasteiger partial charge in [0, 0.05) is 58.0 Å². The van der Waals surface area contributed by atoms with Gasteiger partial charge in [0.1, 0.15) is 23.0 Å². The second kappa shape index (κ2) is 22.1. The number of carbonyl (C=O) groups is 6. The maximum atomic E-state index is 14.2. The van der Waals surface area contributed by atoms with Crippen molar-refractivity contribution in [3.8, 4) is 35.0 Å². The highest BCUT2D eigenvalue weighted by molar-refractivity contribution is 6.35. The van der Waals surface area contributed by atoms with Crippen molar-refractivity contribution in [1.29, 1.82) is 0 Å². The molecule has 0 bridgehead atoms. The Kier molecular flexibility index (Phi) is 14.1. The molecule has 10 aromatic rings. The van der Waals surface area contributed by atoms with Crippen LogP contribution in [0.1, 0.15) is 94.0 Å². The molecule has 0 spiro atoms. The van der Waals surface area contributed by atoms with Crippen molar-refractivity contribution in [2.75, 3.05) is 9.80 Å². The van der Waals surface area contributed by atoms with E-state index < -0.39 is 113 Å². The van der Waals surface area contributed by atoms with Gasteiger partial charge in [-0.25, -0.2) is 19.4 Å². The van der Waals surface area contributed by atoms with Gasteiger partial charge >= 0.3 is 24.0 Å². The van der Waals surface area contributed by atoms with E-state index in [1.807, 2.05) is 74.5 Å². The minimum Gasteiger partial charge on any atom is -0.457 e. The van der Waals surface area contributed by atoms with Crippen LogP contribution in [0.3, 0.4) is 0 Å². The number of fused-ring (bicyclic) bond motifs is 5. The molecule has 90 heavy (non-hydrogen) atoms. The lowest BCUT2D eigenvalue weighted by molar-refractivity contribution is -0.394. The maximum absolute atomic E-state index is 14.2. The Bertz CT molecular complexity index is 4680. The zero-order valence-electron chi connectivity index (χ0n) is 46.6. The molecule has 444 valence electrons. The topological polar surface area (TPSA) is 362 Å². The van der Waals surface area contributed by atoms with Crippen LogP contribution in [0.15, 0.2) is 164 Å². The van der Waals surface area contributed by atoms with E-state index in [0.717, 1.165) is 39.5 Å². The molecule has 0 fully saturated rings. The number of imide groups is 2. The van der Waals surface area contributed by atoms with E-state index in [4.69, 9.17) is 18.9 Å². The van der Waals surface area contributed by atoms with Crippen molar-refractivity contribution in [1.82, 2.24) is 19.5 Å². The Hall–Kier alpha value is -13.0. The summed E-state index contributed by atoms with van der Waals surface area (Å²) in [5.41, 5.74) is -1.50. The number of rotatable bonds is 17. The summed E-state index contributed by atoms with van der Waals surface area (Å²) in [6.45, 7) is 6.82. The van der Waals surface area contributed by atoms with Gasteiger partial charge in [-0.05, 0) is 103 Å². The molecule has 0 saturated carbocycles. The molecule has 12 rings (SSSR count). The van der Waals surface area contributed by atoms with Gasteiger partial charge in [-0.2, -0.15) is 9.97 Å². The molecule has 4 heterocycles. The maximum Gasteiger partial charge on any atom is 0.346 e. The Morgan fingerprint density at radius 1 is 0.456 bits per heavy atom. The first-order valence-electron chi connectivity index (χ1n) is 26.8. The second-order valence-electron chi connectivity index (χ2n) is 20.6. The summed E-state index contributed by atoms with van der Waals surface area (Å²) in [5.74, 6) is -5.99. The van der Waals surface area contributed by atoms with Crippen molar-refractivity contribution < 1.29 is 67.4 Å². The fraction of sp³-hybridized carbons (Fsp3) is 0.0806. The molecule has 0 N–H and O–H groups in total. The van der Waals surface area contributed by atoms with Crippen LogP contribution in [0.25, 0.3) is 21.8 Å². The molecule has 0 atom stereocenters. The average Bonchev–Trinajstić information content (AvgIpc) is 1.60. The van der Waals surface area contributed by atoms with E-state index >= 15 is 0 Å².